The summed E-state index contributed by atoms with van der Waals surface area (Å²) in [4.78, 5) is 11.5. The number of methoxy groups -OCH3 is 2. The summed E-state index contributed by atoms with van der Waals surface area (Å²) in [7, 11) is -1.11. The number of sulfonamides is 1. The summed E-state index contributed by atoms with van der Waals surface area (Å²) in [5.41, 5.74) is 1.72. The van der Waals surface area contributed by atoms with Crippen LogP contribution >= 0.6 is 0 Å². The zero-order valence-electron chi connectivity index (χ0n) is 21.2. The van der Waals surface area contributed by atoms with E-state index >= 15 is 0 Å². The predicted octanol–water partition coefficient (Wildman–Crippen LogP) is 3.77. The van der Waals surface area contributed by atoms with Crippen LogP contribution < -0.4 is 14.8 Å². The van der Waals surface area contributed by atoms with Crippen LogP contribution in [0.2, 0.25) is 0 Å². The van der Waals surface area contributed by atoms with Gasteiger partial charge in [-0.2, -0.15) is 5.10 Å². The lowest BCUT2D eigenvalue weighted by atomic mass is 9.97. The molecule has 0 saturated heterocycles. The van der Waals surface area contributed by atoms with Gasteiger partial charge in [0, 0.05) is 18.3 Å². The molecule has 1 aliphatic rings. The summed E-state index contributed by atoms with van der Waals surface area (Å²) >= 11 is 0. The summed E-state index contributed by atoms with van der Waals surface area (Å²) in [6.07, 6.45) is 7.95. The van der Waals surface area contributed by atoms with Crippen molar-refractivity contribution in [1.82, 2.24) is 20.3 Å². The van der Waals surface area contributed by atoms with Crippen molar-refractivity contribution >= 4 is 32.7 Å². The van der Waals surface area contributed by atoms with Gasteiger partial charge in [-0.05, 0) is 42.5 Å². The van der Waals surface area contributed by atoms with E-state index < -0.39 is 21.8 Å². The molecule has 0 radical (unpaired) electrons. The van der Waals surface area contributed by atoms with Crippen molar-refractivity contribution in [3.63, 3.8) is 0 Å². The lowest BCUT2D eigenvalue weighted by Gasteiger charge is -2.20. The maximum Gasteiger partial charge on any atom is 0.279 e. The quantitative estimate of drug-likeness (QED) is 0.348. The van der Waals surface area contributed by atoms with Crippen molar-refractivity contribution in [2.45, 2.75) is 32.9 Å². The van der Waals surface area contributed by atoms with E-state index in [9.17, 15) is 17.6 Å². The average Bonchev–Trinajstić information content (AvgIpc) is 3.52. The second-order valence-electron chi connectivity index (χ2n) is 8.66. The van der Waals surface area contributed by atoms with E-state index in [-0.39, 0.29) is 28.9 Å². The summed E-state index contributed by atoms with van der Waals surface area (Å²) in [5, 5.41) is 11.0. The van der Waals surface area contributed by atoms with Gasteiger partial charge in [-0.15, -0.1) is 0 Å². The zero-order chi connectivity index (χ0) is 27.4. The number of nitrogens with zero attached hydrogens (tertiary/aromatic N) is 3. The molecule has 1 aliphatic carbocycles. The van der Waals surface area contributed by atoms with Crippen LogP contribution in [0.25, 0.3) is 11.0 Å². The molecule has 0 fully saturated rings. The van der Waals surface area contributed by atoms with Crippen molar-refractivity contribution in [3.8, 4) is 5.75 Å². The SMILES string of the molecule is C=C(F)C(=O)NCc1cnn(Cc2cc(OC)c3c(NS(=O)(=O)C4=C(OC)C=CC(CC)C4)noc3c2)c1. The number of aromatic nitrogens is 3. The van der Waals surface area contributed by atoms with Gasteiger partial charge in [0.05, 0.1) is 27.0 Å². The van der Waals surface area contributed by atoms with Crippen molar-refractivity contribution in [1.29, 1.82) is 0 Å². The van der Waals surface area contributed by atoms with Crippen LogP contribution in [0, 0.1) is 5.92 Å². The lowest BCUT2D eigenvalue weighted by Crippen LogP contribution is -2.22. The maximum atomic E-state index is 13.3. The summed E-state index contributed by atoms with van der Waals surface area (Å²) in [5.74, 6) is -1.24. The molecule has 2 aromatic heterocycles. The number of halogens is 1. The third kappa shape index (κ3) is 5.72. The van der Waals surface area contributed by atoms with Gasteiger partial charge < -0.3 is 19.3 Å². The normalized spacial score (nSPS) is 15.5. The number of allylic oxidation sites excluding steroid dienone is 3. The first-order valence-corrected chi connectivity index (χ1v) is 13.2. The molecule has 1 unspecified atom stereocenters. The molecule has 2 heterocycles. The van der Waals surface area contributed by atoms with Gasteiger partial charge in [-0.1, -0.05) is 24.7 Å². The third-order valence-electron chi connectivity index (χ3n) is 6.09. The van der Waals surface area contributed by atoms with Gasteiger partial charge in [0.1, 0.15) is 21.8 Å². The van der Waals surface area contributed by atoms with E-state index in [4.69, 9.17) is 14.0 Å². The van der Waals surface area contributed by atoms with Gasteiger partial charge in [0.25, 0.3) is 15.9 Å². The van der Waals surface area contributed by atoms with Gasteiger partial charge in [0.15, 0.2) is 17.2 Å². The molecule has 1 amide bonds. The number of benzene rings is 1. The van der Waals surface area contributed by atoms with Crippen LogP contribution in [0.15, 0.2) is 64.3 Å². The average molecular weight is 546 g/mol. The van der Waals surface area contributed by atoms with E-state index in [0.29, 0.717) is 35.2 Å². The van der Waals surface area contributed by atoms with Crippen molar-refractivity contribution < 1.29 is 31.6 Å². The van der Waals surface area contributed by atoms with E-state index in [0.717, 1.165) is 12.0 Å². The van der Waals surface area contributed by atoms with Gasteiger partial charge in [-0.3, -0.25) is 14.2 Å². The monoisotopic (exact) mass is 545 g/mol. The Morgan fingerprint density at radius 2 is 2.08 bits per heavy atom. The summed E-state index contributed by atoms with van der Waals surface area (Å²) in [6.45, 7) is 5.35. The molecule has 0 spiro atoms. The molecule has 2 N–H and O–H groups in total. The Bertz CT molecular complexity index is 1540. The van der Waals surface area contributed by atoms with Crippen molar-refractivity contribution in [2.24, 2.45) is 5.92 Å². The summed E-state index contributed by atoms with van der Waals surface area (Å²) in [6, 6.07) is 3.43. The molecule has 0 saturated carbocycles. The molecule has 38 heavy (non-hydrogen) atoms. The second kappa shape index (κ2) is 11.1. The Morgan fingerprint density at radius 1 is 1.29 bits per heavy atom. The number of carbonyl (C=O) groups is 1. The minimum absolute atomic E-state index is 0.000484. The van der Waals surface area contributed by atoms with Crippen molar-refractivity contribution in [2.75, 3.05) is 18.9 Å². The number of hydrogen-bond donors (Lipinski definition) is 2. The highest BCUT2D eigenvalue weighted by atomic mass is 32.2. The first kappa shape index (κ1) is 26.9. The van der Waals surface area contributed by atoms with Crippen LogP contribution in [-0.2, 0) is 32.6 Å². The molecule has 202 valence electrons. The van der Waals surface area contributed by atoms with Crippen LogP contribution in [0.1, 0.15) is 30.9 Å². The molecule has 1 atom stereocenters. The number of amides is 1. The molecule has 0 bridgehead atoms. The number of ether oxygens (including phenoxy) is 2. The highest BCUT2D eigenvalue weighted by molar-refractivity contribution is 7.96. The van der Waals surface area contributed by atoms with Gasteiger partial charge in [-0.25, -0.2) is 12.8 Å². The Morgan fingerprint density at radius 3 is 2.76 bits per heavy atom. The van der Waals surface area contributed by atoms with Crippen LogP contribution in [-0.4, -0.2) is 43.5 Å². The number of nitrogens with one attached hydrogen (secondary N) is 2. The zero-order valence-corrected chi connectivity index (χ0v) is 22.0. The van der Waals surface area contributed by atoms with E-state index in [1.807, 2.05) is 13.0 Å². The van der Waals surface area contributed by atoms with E-state index in [2.05, 4.69) is 26.9 Å². The summed E-state index contributed by atoms with van der Waals surface area (Å²) < 4.78 is 59.9. The minimum Gasteiger partial charge on any atom is -0.496 e. The molecule has 11 nitrogen and oxygen atoms in total. The highest BCUT2D eigenvalue weighted by Crippen LogP contribution is 2.36. The van der Waals surface area contributed by atoms with E-state index in [1.165, 1.54) is 14.2 Å². The van der Waals surface area contributed by atoms with Crippen LogP contribution in [0.5, 0.6) is 5.75 Å². The second-order valence-corrected chi connectivity index (χ2v) is 10.4. The number of fused-ring (bicyclic) bond motifs is 1. The van der Waals surface area contributed by atoms with Crippen LogP contribution in [0.3, 0.4) is 0 Å². The Labute approximate surface area is 219 Å². The minimum atomic E-state index is -4.00. The fourth-order valence-electron chi connectivity index (χ4n) is 4.08. The largest absolute Gasteiger partial charge is 0.496 e. The maximum absolute atomic E-state index is 13.3. The molecule has 13 heteroatoms. The molecule has 3 aromatic rings. The lowest BCUT2D eigenvalue weighted by molar-refractivity contribution is -0.119. The Hall–Kier alpha value is -4.13. The van der Waals surface area contributed by atoms with Crippen LogP contribution in [0.4, 0.5) is 10.2 Å². The highest BCUT2D eigenvalue weighted by Gasteiger charge is 2.29. The Kier molecular flexibility index (Phi) is 7.86. The number of rotatable bonds is 11. The number of hydrogen-bond acceptors (Lipinski definition) is 8. The molecule has 4 rings (SSSR count). The molecular formula is C25H28FN5O6S. The number of anilines is 1. The van der Waals surface area contributed by atoms with E-state index in [1.54, 1.807) is 35.3 Å². The van der Waals surface area contributed by atoms with Crippen molar-refractivity contribution in [3.05, 3.63) is 70.9 Å². The standard InChI is InChI=1S/C25H28FN5O6S/c1-5-16-6-7-19(35-3)22(10-16)38(33,34)30-24-23-20(36-4)8-17(9-21(23)37-29-24)13-31-14-18(12-28-31)11-27-25(32)15(2)26/h6-9,12,14,16H,2,5,10-11,13H2,1,3-4H3,(H,27,32)(H,29,30). The topological polar surface area (TPSA) is 138 Å². The van der Waals surface area contributed by atoms with Gasteiger partial charge in [0.2, 0.25) is 0 Å². The first-order chi connectivity index (χ1) is 18.1. The molecule has 0 aliphatic heterocycles. The molecule has 1 aromatic carbocycles. The smallest absolute Gasteiger partial charge is 0.279 e. The van der Waals surface area contributed by atoms with Gasteiger partial charge >= 0.3 is 0 Å². The fraction of sp³-hybridized carbons (Fsp3) is 0.320. The predicted molar refractivity (Wildman–Crippen MR) is 138 cm³/mol. The number of carbonyl (C=O) groups excluding carboxylic acids is 1. The molecular weight excluding hydrogens is 517 g/mol. The first-order valence-electron chi connectivity index (χ1n) is 11.7. The fourth-order valence-corrected chi connectivity index (χ4v) is 5.44. The third-order valence-corrected chi connectivity index (χ3v) is 7.57. The Balaban J connectivity index is 1.57.